The highest BCUT2D eigenvalue weighted by molar-refractivity contribution is 6.03. The molecule has 5 nitrogen and oxygen atoms in total. The first-order valence-electron chi connectivity index (χ1n) is 5.57. The van der Waals surface area contributed by atoms with Gasteiger partial charge in [-0.05, 0) is 31.2 Å². The number of hydrogen-bond donors (Lipinski definition) is 2. The lowest BCUT2D eigenvalue weighted by atomic mass is 10.3. The predicted molar refractivity (Wildman–Crippen MR) is 70.7 cm³/mol. The minimum Gasteiger partial charge on any atom is -0.388 e. The summed E-state index contributed by atoms with van der Waals surface area (Å²) in [5.74, 6) is -0.238. The molecule has 0 saturated carbocycles. The Hall–Kier alpha value is -2.43. The number of nitrogens with zero attached hydrogens (tertiary/aromatic N) is 2. The maximum Gasteiger partial charge on any atom is 0.274 e. The third kappa shape index (κ3) is 2.82. The van der Waals surface area contributed by atoms with Gasteiger partial charge in [-0.2, -0.15) is 0 Å². The number of carbonyl (C=O) groups is 1. The third-order valence-corrected chi connectivity index (χ3v) is 2.44. The van der Waals surface area contributed by atoms with Gasteiger partial charge in [0.1, 0.15) is 5.69 Å². The topological polar surface area (TPSA) is 66.9 Å². The number of aryl methyl sites for hydroxylation is 1. The molecule has 2 heterocycles. The van der Waals surface area contributed by atoms with Crippen LogP contribution in [0, 0.1) is 6.92 Å². The van der Waals surface area contributed by atoms with Crippen molar-refractivity contribution in [1.29, 1.82) is 0 Å². The van der Waals surface area contributed by atoms with Gasteiger partial charge >= 0.3 is 0 Å². The Labute approximate surface area is 105 Å². The van der Waals surface area contributed by atoms with Crippen LogP contribution in [-0.2, 0) is 0 Å². The molecule has 0 spiro atoms. The zero-order valence-corrected chi connectivity index (χ0v) is 10.3. The zero-order valence-electron chi connectivity index (χ0n) is 10.3. The molecule has 0 atom stereocenters. The largest absolute Gasteiger partial charge is 0.388 e. The highest BCUT2D eigenvalue weighted by Crippen LogP contribution is 2.11. The summed E-state index contributed by atoms with van der Waals surface area (Å²) in [4.78, 5) is 20.1. The van der Waals surface area contributed by atoms with E-state index in [9.17, 15) is 4.79 Å². The maximum absolute atomic E-state index is 12.0. The molecule has 0 aliphatic heterocycles. The summed E-state index contributed by atoms with van der Waals surface area (Å²) < 4.78 is 0. The van der Waals surface area contributed by atoms with Crippen LogP contribution >= 0.6 is 0 Å². The predicted octanol–water partition coefficient (Wildman–Crippen LogP) is 2.08. The van der Waals surface area contributed by atoms with Gasteiger partial charge in [-0.25, -0.2) is 0 Å². The lowest BCUT2D eigenvalue weighted by Gasteiger charge is -2.06. The Balaban J connectivity index is 2.16. The first-order valence-corrected chi connectivity index (χ1v) is 5.57. The average molecular weight is 242 g/mol. The quantitative estimate of drug-likeness (QED) is 0.864. The Morgan fingerprint density at radius 2 is 1.83 bits per heavy atom. The van der Waals surface area contributed by atoms with Crippen LogP contribution in [0.5, 0.6) is 0 Å². The smallest absolute Gasteiger partial charge is 0.274 e. The third-order valence-electron chi connectivity index (χ3n) is 2.44. The number of rotatable bonds is 3. The molecule has 5 heteroatoms. The summed E-state index contributed by atoms with van der Waals surface area (Å²) in [7, 11) is 1.79. The van der Waals surface area contributed by atoms with Gasteiger partial charge in [0.2, 0.25) is 0 Å². The molecule has 0 saturated heterocycles. The molecule has 0 fully saturated rings. The van der Waals surface area contributed by atoms with Crippen LogP contribution in [0.15, 0.2) is 36.7 Å². The number of anilines is 2. The molecule has 18 heavy (non-hydrogen) atoms. The summed E-state index contributed by atoms with van der Waals surface area (Å²) >= 11 is 0. The van der Waals surface area contributed by atoms with Crippen molar-refractivity contribution < 1.29 is 4.79 Å². The summed E-state index contributed by atoms with van der Waals surface area (Å²) in [5.41, 5.74) is 2.78. The monoisotopic (exact) mass is 242 g/mol. The van der Waals surface area contributed by atoms with Crippen LogP contribution in [0.4, 0.5) is 11.4 Å². The minimum atomic E-state index is -0.238. The number of nitrogens with one attached hydrogen (secondary N) is 2. The van der Waals surface area contributed by atoms with E-state index < -0.39 is 0 Å². The van der Waals surface area contributed by atoms with Crippen molar-refractivity contribution in [2.45, 2.75) is 6.92 Å². The lowest BCUT2D eigenvalue weighted by Crippen LogP contribution is -2.14. The highest BCUT2D eigenvalue weighted by atomic mass is 16.1. The molecule has 0 bridgehead atoms. The van der Waals surface area contributed by atoms with E-state index in [1.165, 1.54) is 0 Å². The van der Waals surface area contributed by atoms with E-state index in [2.05, 4.69) is 20.6 Å². The Morgan fingerprint density at radius 1 is 1.11 bits per heavy atom. The number of pyridine rings is 2. The highest BCUT2D eigenvalue weighted by Gasteiger charge is 2.08. The van der Waals surface area contributed by atoms with Crippen LogP contribution in [0.3, 0.4) is 0 Å². The first kappa shape index (κ1) is 12.0. The molecule has 0 aliphatic carbocycles. The normalized spacial score (nSPS) is 9.89. The SMILES string of the molecule is CNc1ccnc(C(=O)Nc2ccnc(C)c2)c1. The molecule has 92 valence electrons. The zero-order chi connectivity index (χ0) is 13.0. The molecule has 0 radical (unpaired) electrons. The van der Waals surface area contributed by atoms with Crippen LogP contribution < -0.4 is 10.6 Å². The summed E-state index contributed by atoms with van der Waals surface area (Å²) in [6.45, 7) is 1.87. The lowest BCUT2D eigenvalue weighted by molar-refractivity contribution is 0.102. The van der Waals surface area contributed by atoms with E-state index in [0.29, 0.717) is 11.4 Å². The van der Waals surface area contributed by atoms with Crippen LogP contribution in [-0.4, -0.2) is 22.9 Å². The van der Waals surface area contributed by atoms with Crippen LogP contribution in [0.2, 0.25) is 0 Å². The van der Waals surface area contributed by atoms with E-state index >= 15 is 0 Å². The molecule has 0 unspecified atom stereocenters. The van der Waals surface area contributed by atoms with Gasteiger partial charge in [-0.15, -0.1) is 0 Å². The fourth-order valence-electron chi connectivity index (χ4n) is 1.53. The van der Waals surface area contributed by atoms with Gasteiger partial charge in [0.15, 0.2) is 0 Å². The molecular weight excluding hydrogens is 228 g/mol. The molecule has 2 aromatic rings. The molecule has 1 amide bonds. The van der Waals surface area contributed by atoms with Crippen molar-refractivity contribution >= 4 is 17.3 Å². The molecule has 0 aliphatic rings. The number of amides is 1. The Morgan fingerprint density at radius 3 is 2.56 bits per heavy atom. The standard InChI is InChI=1S/C13H14N4O/c1-9-7-11(4-5-15-9)17-13(18)12-8-10(14-2)3-6-16-12/h3-8H,1-2H3,(H,14,16)(H,15,17,18). The van der Waals surface area contributed by atoms with Crippen molar-refractivity contribution in [3.05, 3.63) is 48.0 Å². The van der Waals surface area contributed by atoms with E-state index in [4.69, 9.17) is 0 Å². The van der Waals surface area contributed by atoms with Gasteiger partial charge in [-0.1, -0.05) is 0 Å². The van der Waals surface area contributed by atoms with Crippen LogP contribution in [0.25, 0.3) is 0 Å². The summed E-state index contributed by atoms with van der Waals surface area (Å²) in [6, 6.07) is 7.05. The summed E-state index contributed by atoms with van der Waals surface area (Å²) in [6.07, 6.45) is 3.25. The fraction of sp³-hybridized carbons (Fsp3) is 0.154. The van der Waals surface area contributed by atoms with E-state index in [1.807, 2.05) is 6.92 Å². The summed E-state index contributed by atoms with van der Waals surface area (Å²) in [5, 5.41) is 5.75. The average Bonchev–Trinajstić information content (AvgIpc) is 2.39. The minimum absolute atomic E-state index is 0.238. The number of carbonyl (C=O) groups excluding carboxylic acids is 1. The van der Waals surface area contributed by atoms with Crippen molar-refractivity contribution in [2.24, 2.45) is 0 Å². The van der Waals surface area contributed by atoms with E-state index in [0.717, 1.165) is 11.4 Å². The Kier molecular flexibility index (Phi) is 3.52. The fourth-order valence-corrected chi connectivity index (χ4v) is 1.53. The second-order valence-electron chi connectivity index (χ2n) is 3.82. The van der Waals surface area contributed by atoms with Gasteiger partial charge in [0, 0.05) is 36.5 Å². The van der Waals surface area contributed by atoms with Gasteiger partial charge in [-0.3, -0.25) is 14.8 Å². The molecule has 2 rings (SSSR count). The number of aromatic nitrogens is 2. The van der Waals surface area contributed by atoms with Crippen molar-refractivity contribution in [3.63, 3.8) is 0 Å². The number of hydrogen-bond acceptors (Lipinski definition) is 4. The maximum atomic E-state index is 12.0. The molecule has 2 N–H and O–H groups in total. The van der Waals surface area contributed by atoms with Crippen molar-refractivity contribution in [3.8, 4) is 0 Å². The van der Waals surface area contributed by atoms with Gasteiger partial charge in [0.25, 0.3) is 5.91 Å². The molecular formula is C13H14N4O. The molecule has 2 aromatic heterocycles. The molecule has 0 aromatic carbocycles. The first-order chi connectivity index (χ1) is 8.69. The Bertz CT molecular complexity index is 568. The second kappa shape index (κ2) is 5.27. The van der Waals surface area contributed by atoms with Gasteiger partial charge in [0.05, 0.1) is 0 Å². The van der Waals surface area contributed by atoms with E-state index in [-0.39, 0.29) is 5.91 Å². The van der Waals surface area contributed by atoms with Gasteiger partial charge < -0.3 is 10.6 Å². The van der Waals surface area contributed by atoms with Crippen molar-refractivity contribution in [1.82, 2.24) is 9.97 Å². The van der Waals surface area contributed by atoms with E-state index in [1.54, 1.807) is 43.7 Å². The van der Waals surface area contributed by atoms with Crippen LogP contribution in [0.1, 0.15) is 16.2 Å². The van der Waals surface area contributed by atoms with Crippen molar-refractivity contribution in [2.75, 3.05) is 17.7 Å². The second-order valence-corrected chi connectivity index (χ2v) is 3.82.